The monoisotopic (exact) mass is 308 g/mol. The van der Waals surface area contributed by atoms with Crippen LogP contribution in [0, 0.1) is 0 Å². The van der Waals surface area contributed by atoms with Crippen LogP contribution in [0.25, 0.3) is 5.41 Å². The summed E-state index contributed by atoms with van der Waals surface area (Å²) in [7, 11) is 0. The van der Waals surface area contributed by atoms with Gasteiger partial charge in [0.2, 0.25) is 6.04 Å². The highest BCUT2D eigenvalue weighted by Crippen LogP contribution is 2.34. The van der Waals surface area contributed by atoms with Crippen molar-refractivity contribution >= 4 is 29.0 Å². The summed E-state index contributed by atoms with van der Waals surface area (Å²) in [6, 6.07) is 8.61. The van der Waals surface area contributed by atoms with Crippen LogP contribution in [0.3, 0.4) is 0 Å². The third kappa shape index (κ3) is 2.45. The number of rotatable bonds is 2. The van der Waals surface area contributed by atoms with Crippen molar-refractivity contribution in [1.82, 2.24) is 10.3 Å². The lowest BCUT2D eigenvalue weighted by molar-refractivity contribution is -0.711. The molecule has 3 rings (SSSR count). The number of carbonyl (C=O) groups is 1. The fourth-order valence-corrected chi connectivity index (χ4v) is 2.92. The van der Waals surface area contributed by atoms with E-state index in [4.69, 9.17) is 12.2 Å². The predicted molar refractivity (Wildman–Crippen MR) is 85.3 cm³/mol. The molecule has 22 heavy (non-hydrogen) atoms. The summed E-state index contributed by atoms with van der Waals surface area (Å²) < 4.78 is 1.79. The molecule has 5 nitrogen and oxygen atoms in total. The van der Waals surface area contributed by atoms with Crippen molar-refractivity contribution in [3.05, 3.63) is 71.7 Å². The first-order chi connectivity index (χ1) is 10.7. The molecule has 0 saturated carbocycles. The molecule has 1 aliphatic rings. The Bertz CT molecular complexity index is 769. The number of nitrogens with zero attached hydrogens (tertiary/aromatic N) is 3. The zero-order valence-corrected chi connectivity index (χ0v) is 12.3. The molecular formula is C16H12N4OS. The summed E-state index contributed by atoms with van der Waals surface area (Å²) >= 11 is 5.17. The van der Waals surface area contributed by atoms with E-state index >= 15 is 0 Å². The van der Waals surface area contributed by atoms with E-state index in [1.807, 2.05) is 30.6 Å². The van der Waals surface area contributed by atoms with Crippen LogP contribution in [-0.4, -0.2) is 21.7 Å². The summed E-state index contributed by atoms with van der Waals surface area (Å²) in [5.41, 5.74) is 1.23. The van der Waals surface area contributed by atoms with Crippen molar-refractivity contribution in [2.45, 2.75) is 12.0 Å². The molecule has 1 saturated heterocycles. The minimum atomic E-state index is -0.565. The molecule has 0 radical (unpaired) electrons. The van der Waals surface area contributed by atoms with E-state index in [-0.39, 0.29) is 10.9 Å². The fourth-order valence-electron chi connectivity index (χ4n) is 2.65. The van der Waals surface area contributed by atoms with Crippen molar-refractivity contribution in [3.63, 3.8) is 0 Å². The van der Waals surface area contributed by atoms with Crippen molar-refractivity contribution in [1.29, 1.82) is 0 Å². The van der Waals surface area contributed by atoms with Gasteiger partial charge in [0, 0.05) is 30.1 Å². The van der Waals surface area contributed by atoms with Gasteiger partial charge in [-0.1, -0.05) is 18.3 Å². The van der Waals surface area contributed by atoms with Crippen LogP contribution in [0.15, 0.2) is 60.7 Å². The molecule has 0 spiro atoms. The molecule has 2 aromatic heterocycles. The maximum absolute atomic E-state index is 12.5. The highest BCUT2D eigenvalue weighted by molar-refractivity contribution is 7.80. The van der Waals surface area contributed by atoms with Gasteiger partial charge in [0.15, 0.2) is 12.4 Å². The first-order valence-corrected chi connectivity index (χ1v) is 7.11. The molecule has 108 valence electrons. The van der Waals surface area contributed by atoms with Crippen LogP contribution >= 0.6 is 12.2 Å². The fraction of sp³-hybridized carbons (Fsp3) is 0.125. The maximum Gasteiger partial charge on any atom is 0.295 e. The number of piperidine rings is 1. The minimum absolute atomic E-state index is 0.196. The second-order valence-electron chi connectivity index (χ2n) is 4.87. The van der Waals surface area contributed by atoms with Gasteiger partial charge in [-0.2, -0.15) is 4.57 Å². The Balaban J connectivity index is 2.18. The summed E-state index contributed by atoms with van der Waals surface area (Å²) in [6.45, 7) is 0. The first kappa shape index (κ1) is 14.3. The molecule has 2 atom stereocenters. The van der Waals surface area contributed by atoms with Crippen LogP contribution in [0.1, 0.15) is 17.5 Å². The molecule has 0 aromatic carbocycles. The smallest absolute Gasteiger partial charge is 0.295 e. The summed E-state index contributed by atoms with van der Waals surface area (Å²) in [4.78, 5) is 16.7. The van der Waals surface area contributed by atoms with Gasteiger partial charge in [-0.05, 0) is 17.7 Å². The lowest BCUT2D eigenvalue weighted by Crippen LogP contribution is -2.56. The summed E-state index contributed by atoms with van der Waals surface area (Å²) in [5.74, 6) is 1.50. The molecule has 1 amide bonds. The van der Waals surface area contributed by atoms with Crippen molar-refractivity contribution in [2.24, 2.45) is 0 Å². The van der Waals surface area contributed by atoms with E-state index in [0.717, 1.165) is 5.56 Å². The molecule has 0 bridgehead atoms. The number of pyridine rings is 2. The van der Waals surface area contributed by atoms with E-state index in [1.54, 1.807) is 29.1 Å². The van der Waals surface area contributed by atoms with Gasteiger partial charge in [-0.15, -0.1) is 0 Å². The molecule has 6 heteroatoms. The van der Waals surface area contributed by atoms with Crippen LogP contribution in [0.2, 0.25) is 0 Å². The Morgan fingerprint density at radius 3 is 2.55 bits per heavy atom. The van der Waals surface area contributed by atoms with Crippen molar-refractivity contribution in [3.8, 4) is 0 Å². The molecule has 1 N–H and O–H groups in total. The van der Waals surface area contributed by atoms with Gasteiger partial charge in [0.25, 0.3) is 5.91 Å². The van der Waals surface area contributed by atoms with Crippen LogP contribution in [-0.2, 0) is 4.79 Å². The standard InChI is InChI=1S/C16H12N4OS/c17-10-12-13(11-4-6-18-7-5-11)14(15(21)19-16(12)22)20-8-2-1-3-9-20/h1-9,13-14H,(H,19,21,22)/t13-,14+/m0/s1. The lowest BCUT2D eigenvalue weighted by atomic mass is 9.82. The van der Waals surface area contributed by atoms with E-state index in [0.29, 0.717) is 5.57 Å². The average molecular weight is 308 g/mol. The molecule has 1 aliphatic heterocycles. The molecule has 0 aliphatic carbocycles. The number of nitrogens with one attached hydrogen (secondary N) is 1. The van der Waals surface area contributed by atoms with Gasteiger partial charge in [-0.25, -0.2) is 0 Å². The van der Waals surface area contributed by atoms with Gasteiger partial charge >= 0.3 is 0 Å². The number of hydrogen-bond donors (Lipinski definition) is 1. The Morgan fingerprint density at radius 2 is 1.91 bits per heavy atom. The Morgan fingerprint density at radius 1 is 1.23 bits per heavy atom. The molecule has 0 unspecified atom stereocenters. The van der Waals surface area contributed by atoms with E-state index < -0.39 is 12.0 Å². The second-order valence-corrected chi connectivity index (χ2v) is 5.28. The van der Waals surface area contributed by atoms with Gasteiger partial charge < -0.3 is 10.7 Å². The molecule has 3 heterocycles. The van der Waals surface area contributed by atoms with Gasteiger partial charge in [0.1, 0.15) is 4.99 Å². The van der Waals surface area contributed by atoms with E-state index in [2.05, 4.69) is 16.2 Å². The third-order valence-corrected chi connectivity index (χ3v) is 3.94. The summed E-state index contributed by atoms with van der Waals surface area (Å²) in [5, 5.41) is 12.1. The maximum atomic E-state index is 12.5. The molecule has 1 fully saturated rings. The highest BCUT2D eigenvalue weighted by Gasteiger charge is 2.44. The SMILES string of the molecule is [N-]=C=C1C(=S)NC(=O)[C@H]([n+]2ccccc2)[C@H]1c1ccncc1. The van der Waals surface area contributed by atoms with Crippen molar-refractivity contribution < 1.29 is 9.36 Å². The van der Waals surface area contributed by atoms with E-state index in [1.165, 1.54) is 0 Å². The number of hydrogen-bond acceptors (Lipinski definition) is 3. The normalized spacial score (nSPS) is 21.2. The van der Waals surface area contributed by atoms with Crippen LogP contribution < -0.4 is 9.88 Å². The lowest BCUT2D eigenvalue weighted by Gasteiger charge is -2.30. The average Bonchev–Trinajstić information content (AvgIpc) is 2.56. The second kappa shape index (κ2) is 5.97. The quantitative estimate of drug-likeness (QED) is 0.394. The zero-order valence-electron chi connectivity index (χ0n) is 11.5. The first-order valence-electron chi connectivity index (χ1n) is 6.70. The van der Waals surface area contributed by atoms with Crippen LogP contribution in [0.4, 0.5) is 0 Å². The van der Waals surface area contributed by atoms with Gasteiger partial charge in [-0.3, -0.25) is 15.6 Å². The summed E-state index contributed by atoms with van der Waals surface area (Å²) in [6.07, 6.45) is 6.91. The Hall–Kier alpha value is -2.69. The number of carbonyl (C=O) groups excluding carboxylic acids is 1. The largest absolute Gasteiger partial charge is 0.763 e. The molecular weight excluding hydrogens is 296 g/mol. The third-order valence-electron chi connectivity index (χ3n) is 3.62. The van der Waals surface area contributed by atoms with Crippen LogP contribution in [0.5, 0.6) is 0 Å². The number of amides is 1. The Labute approximate surface area is 132 Å². The van der Waals surface area contributed by atoms with Crippen molar-refractivity contribution in [2.75, 3.05) is 0 Å². The minimum Gasteiger partial charge on any atom is -0.763 e. The Kier molecular flexibility index (Phi) is 3.87. The predicted octanol–water partition coefficient (Wildman–Crippen LogP) is 1.32. The highest BCUT2D eigenvalue weighted by atomic mass is 32.1. The van der Waals surface area contributed by atoms with E-state index in [9.17, 15) is 10.2 Å². The number of thiocarbonyl (C=S) groups is 1. The molecule has 2 aromatic rings. The van der Waals surface area contributed by atoms with Gasteiger partial charge in [0.05, 0.1) is 5.92 Å². The number of aromatic nitrogens is 2. The zero-order chi connectivity index (χ0) is 15.5. The topological polar surface area (TPSA) is 68.2 Å².